The zero-order valence-corrected chi connectivity index (χ0v) is 6.17. The zero-order chi connectivity index (χ0) is 7.19. The Bertz CT molecular complexity index is 223. The molecule has 2 rings (SSSR count). The van der Waals surface area contributed by atoms with E-state index < -0.39 is 0 Å². The fourth-order valence-electron chi connectivity index (χ4n) is 2.22. The van der Waals surface area contributed by atoms with Crippen molar-refractivity contribution < 1.29 is 0 Å². The predicted molar refractivity (Wildman–Crippen MR) is 39.1 cm³/mol. The van der Waals surface area contributed by atoms with Crippen LogP contribution in [0, 0.1) is 28.6 Å². The molecule has 0 aromatic rings. The summed E-state index contributed by atoms with van der Waals surface area (Å²) >= 11 is 0. The molecule has 0 heterocycles. The molecule has 0 N–H and O–H groups in total. The maximum atomic E-state index is 8.86. The third-order valence-corrected chi connectivity index (χ3v) is 2.93. The molecule has 0 aromatic heterocycles. The molecule has 1 heteroatoms. The molecule has 3 atom stereocenters. The molecule has 1 nitrogen and oxygen atoms in total. The Hall–Kier alpha value is -0.770. The van der Waals surface area contributed by atoms with Crippen LogP contribution < -0.4 is 0 Å². The van der Waals surface area contributed by atoms with Gasteiger partial charge in [0.2, 0.25) is 0 Å². The zero-order valence-electron chi connectivity index (χ0n) is 6.17. The van der Waals surface area contributed by atoms with Crippen LogP contribution in [0.5, 0.6) is 0 Å². The van der Waals surface area contributed by atoms with Crippen molar-refractivity contribution in [1.82, 2.24) is 0 Å². The summed E-state index contributed by atoms with van der Waals surface area (Å²) in [4.78, 5) is 0. The number of fused-ring (bicyclic) bond motifs is 2. The molecule has 0 aromatic carbocycles. The van der Waals surface area contributed by atoms with Gasteiger partial charge in [-0.3, -0.25) is 0 Å². The first-order chi connectivity index (χ1) is 4.74. The average Bonchev–Trinajstić information content (AvgIpc) is 2.46. The predicted octanol–water partition coefficient (Wildman–Crippen LogP) is 2.11. The summed E-state index contributed by atoms with van der Waals surface area (Å²) in [6, 6.07) is 2.42. The van der Waals surface area contributed by atoms with E-state index in [4.69, 9.17) is 5.26 Å². The third kappa shape index (κ3) is 0.568. The van der Waals surface area contributed by atoms with Crippen LogP contribution in [-0.4, -0.2) is 0 Å². The van der Waals surface area contributed by atoms with E-state index in [1.807, 2.05) is 0 Å². The molecule has 0 aliphatic heterocycles. The summed E-state index contributed by atoms with van der Waals surface area (Å²) in [7, 11) is 0. The second kappa shape index (κ2) is 1.63. The van der Waals surface area contributed by atoms with Crippen LogP contribution in [0.1, 0.15) is 19.8 Å². The molecule has 3 unspecified atom stereocenters. The van der Waals surface area contributed by atoms with Gasteiger partial charge in [-0.2, -0.15) is 5.26 Å². The molecule has 1 saturated carbocycles. The van der Waals surface area contributed by atoms with Gasteiger partial charge < -0.3 is 0 Å². The fourth-order valence-corrected chi connectivity index (χ4v) is 2.22. The van der Waals surface area contributed by atoms with Crippen LogP contribution in [0.2, 0.25) is 0 Å². The Morgan fingerprint density at radius 1 is 1.60 bits per heavy atom. The topological polar surface area (TPSA) is 23.8 Å². The van der Waals surface area contributed by atoms with E-state index in [9.17, 15) is 0 Å². The highest BCUT2D eigenvalue weighted by Gasteiger charge is 2.45. The first-order valence-electron chi connectivity index (χ1n) is 3.84. The van der Waals surface area contributed by atoms with E-state index in [0.717, 1.165) is 12.3 Å². The van der Waals surface area contributed by atoms with Crippen LogP contribution in [0.4, 0.5) is 0 Å². The van der Waals surface area contributed by atoms with Gasteiger partial charge in [0, 0.05) is 0 Å². The largest absolute Gasteiger partial charge is 0.198 e. The van der Waals surface area contributed by atoms with Crippen molar-refractivity contribution in [2.24, 2.45) is 17.3 Å². The number of hydrogen-bond donors (Lipinski definition) is 0. The minimum Gasteiger partial charge on any atom is -0.198 e. The minimum atomic E-state index is -0.0284. The Morgan fingerprint density at radius 2 is 2.40 bits per heavy atom. The lowest BCUT2D eigenvalue weighted by Crippen LogP contribution is -2.18. The highest BCUT2D eigenvalue weighted by molar-refractivity contribution is 5.20. The van der Waals surface area contributed by atoms with Crippen molar-refractivity contribution in [3.05, 3.63) is 12.2 Å². The van der Waals surface area contributed by atoms with Crippen LogP contribution >= 0.6 is 0 Å². The summed E-state index contributed by atoms with van der Waals surface area (Å²) in [5.41, 5.74) is -0.0284. The SMILES string of the molecule is CC1(C#N)CC2C=CC1C2. The quantitative estimate of drug-likeness (QED) is 0.464. The van der Waals surface area contributed by atoms with Gasteiger partial charge in [0.05, 0.1) is 11.5 Å². The molecule has 2 aliphatic carbocycles. The van der Waals surface area contributed by atoms with E-state index in [-0.39, 0.29) is 5.41 Å². The molecule has 0 amide bonds. The molecule has 1 fully saturated rings. The second-order valence-corrected chi connectivity index (χ2v) is 3.72. The Labute approximate surface area is 61.4 Å². The van der Waals surface area contributed by atoms with Crippen molar-refractivity contribution in [2.45, 2.75) is 19.8 Å². The maximum absolute atomic E-state index is 8.86. The van der Waals surface area contributed by atoms with Crippen molar-refractivity contribution in [3.63, 3.8) is 0 Å². The van der Waals surface area contributed by atoms with Gasteiger partial charge in [0.15, 0.2) is 0 Å². The lowest BCUT2D eigenvalue weighted by Gasteiger charge is -2.22. The van der Waals surface area contributed by atoms with Crippen LogP contribution in [0.25, 0.3) is 0 Å². The summed E-state index contributed by atoms with van der Waals surface area (Å²) in [6.45, 7) is 2.08. The highest BCUT2D eigenvalue weighted by Crippen LogP contribution is 2.51. The van der Waals surface area contributed by atoms with Gasteiger partial charge in [-0.05, 0) is 31.6 Å². The number of nitrogens with zero attached hydrogens (tertiary/aromatic N) is 1. The average molecular weight is 133 g/mol. The Morgan fingerprint density at radius 3 is 2.70 bits per heavy atom. The molecule has 0 saturated heterocycles. The third-order valence-electron chi connectivity index (χ3n) is 2.93. The van der Waals surface area contributed by atoms with Gasteiger partial charge >= 0.3 is 0 Å². The summed E-state index contributed by atoms with van der Waals surface area (Å²) in [5, 5.41) is 8.86. The van der Waals surface area contributed by atoms with E-state index >= 15 is 0 Å². The smallest absolute Gasteiger partial charge is 0.0693 e. The summed E-state index contributed by atoms with van der Waals surface area (Å²) < 4.78 is 0. The number of nitriles is 1. The molecule has 2 bridgehead atoms. The summed E-state index contributed by atoms with van der Waals surface area (Å²) in [5.74, 6) is 1.28. The van der Waals surface area contributed by atoms with Gasteiger partial charge in [0.1, 0.15) is 0 Å². The monoisotopic (exact) mass is 133 g/mol. The molecule has 10 heavy (non-hydrogen) atoms. The van der Waals surface area contributed by atoms with E-state index in [2.05, 4.69) is 25.1 Å². The van der Waals surface area contributed by atoms with Gasteiger partial charge in [-0.15, -0.1) is 0 Å². The minimum absolute atomic E-state index is 0.0284. The van der Waals surface area contributed by atoms with Crippen LogP contribution in [0.3, 0.4) is 0 Å². The molecular weight excluding hydrogens is 122 g/mol. The first kappa shape index (κ1) is 5.97. The normalized spacial score (nSPS) is 49.6. The first-order valence-corrected chi connectivity index (χ1v) is 3.84. The van der Waals surface area contributed by atoms with E-state index in [1.54, 1.807) is 0 Å². The summed E-state index contributed by atoms with van der Waals surface area (Å²) in [6.07, 6.45) is 6.80. The second-order valence-electron chi connectivity index (χ2n) is 3.72. The van der Waals surface area contributed by atoms with Crippen molar-refractivity contribution in [3.8, 4) is 6.07 Å². The van der Waals surface area contributed by atoms with Crippen molar-refractivity contribution in [2.75, 3.05) is 0 Å². The lowest BCUT2D eigenvalue weighted by molar-refractivity contribution is 0.367. The van der Waals surface area contributed by atoms with Crippen molar-refractivity contribution in [1.29, 1.82) is 5.26 Å². The van der Waals surface area contributed by atoms with E-state index in [1.165, 1.54) is 6.42 Å². The number of rotatable bonds is 0. The molecule has 0 radical (unpaired) electrons. The number of hydrogen-bond acceptors (Lipinski definition) is 1. The van der Waals surface area contributed by atoms with Crippen LogP contribution in [-0.2, 0) is 0 Å². The lowest BCUT2D eigenvalue weighted by atomic mass is 9.79. The molecule has 0 spiro atoms. The molecule has 2 aliphatic rings. The van der Waals surface area contributed by atoms with Gasteiger partial charge in [-0.1, -0.05) is 12.2 Å². The highest BCUT2D eigenvalue weighted by atomic mass is 14.5. The van der Waals surface area contributed by atoms with Gasteiger partial charge in [0.25, 0.3) is 0 Å². The maximum Gasteiger partial charge on any atom is 0.0693 e. The fraction of sp³-hybridized carbons (Fsp3) is 0.667. The molecular formula is C9H11N. The van der Waals surface area contributed by atoms with Crippen molar-refractivity contribution >= 4 is 0 Å². The van der Waals surface area contributed by atoms with E-state index in [0.29, 0.717) is 5.92 Å². The molecule has 52 valence electrons. The standard InChI is InChI=1S/C9H11N/c1-9(6-10)5-7-2-3-8(9)4-7/h2-3,7-8H,4-5H2,1H3. The Balaban J connectivity index is 2.33. The Kier molecular flexibility index (Phi) is 0.976. The number of allylic oxidation sites excluding steroid dienone is 2. The van der Waals surface area contributed by atoms with Gasteiger partial charge in [-0.25, -0.2) is 0 Å². The van der Waals surface area contributed by atoms with Crippen LogP contribution in [0.15, 0.2) is 12.2 Å².